The van der Waals surface area contributed by atoms with Crippen molar-refractivity contribution in [2.75, 3.05) is 13.2 Å². The molecular formula is C34H45N3O9. The summed E-state index contributed by atoms with van der Waals surface area (Å²) < 4.78 is 16.0. The summed E-state index contributed by atoms with van der Waals surface area (Å²) in [7, 11) is 0. The predicted molar refractivity (Wildman–Crippen MR) is 170 cm³/mol. The third-order valence-corrected chi connectivity index (χ3v) is 6.95. The number of hydrogen-bond donors (Lipinski definition) is 4. The molecule has 1 aliphatic rings. The lowest BCUT2D eigenvalue weighted by molar-refractivity contribution is -0.158. The summed E-state index contributed by atoms with van der Waals surface area (Å²) in [4.78, 5) is 62.5. The number of aliphatic carboxylic acids is 1. The number of carboxylic acids is 1. The lowest BCUT2D eigenvalue weighted by Gasteiger charge is -2.23. The van der Waals surface area contributed by atoms with Gasteiger partial charge in [-0.15, -0.1) is 0 Å². The molecule has 3 rings (SSSR count). The molecule has 46 heavy (non-hydrogen) atoms. The van der Waals surface area contributed by atoms with Gasteiger partial charge in [0.2, 0.25) is 5.91 Å². The van der Waals surface area contributed by atoms with Crippen LogP contribution in [0.4, 0.5) is 9.59 Å². The standard InChI is InChI=1S/C34H45N3O9/c1-33(2,3)45-28(38)19-27(30(40)41)36-29(39)26(17-11-12-18-35-31(42)46-34(4,5)6)37-32(43)44-20-25-23-15-9-7-13-21(23)22-14-8-10-16-24(22)25/h7-10,13-16,25-27H,11-12,17-20H2,1-6H3,(H,35,42)(H,36,39)(H,37,43)(H,40,41)/t26-,27-/m0/s1. The number of carbonyl (C=O) groups is 5. The Morgan fingerprint density at radius 3 is 1.87 bits per heavy atom. The summed E-state index contributed by atoms with van der Waals surface area (Å²) >= 11 is 0. The van der Waals surface area contributed by atoms with Crippen LogP contribution in [-0.4, -0.2) is 71.6 Å². The Balaban J connectivity index is 1.65. The van der Waals surface area contributed by atoms with Gasteiger partial charge in [0.25, 0.3) is 0 Å². The molecule has 2 aromatic rings. The van der Waals surface area contributed by atoms with Gasteiger partial charge in [-0.05, 0) is 83.1 Å². The minimum Gasteiger partial charge on any atom is -0.480 e. The quantitative estimate of drug-likeness (QED) is 0.135. The molecule has 0 radical (unpaired) electrons. The van der Waals surface area contributed by atoms with Gasteiger partial charge >= 0.3 is 24.1 Å². The summed E-state index contributed by atoms with van der Waals surface area (Å²) in [5.41, 5.74) is 2.68. The zero-order valence-corrected chi connectivity index (χ0v) is 27.3. The van der Waals surface area contributed by atoms with Crippen molar-refractivity contribution in [3.05, 3.63) is 59.7 Å². The van der Waals surface area contributed by atoms with Gasteiger partial charge in [0, 0.05) is 12.5 Å². The number of benzene rings is 2. The number of carbonyl (C=O) groups excluding carboxylic acids is 4. The summed E-state index contributed by atoms with van der Waals surface area (Å²) in [6.45, 7) is 10.4. The van der Waals surface area contributed by atoms with E-state index in [1.165, 1.54) is 0 Å². The smallest absolute Gasteiger partial charge is 0.407 e. The molecule has 2 atom stereocenters. The Hall–Kier alpha value is -4.61. The molecule has 0 aromatic heterocycles. The number of hydrogen-bond acceptors (Lipinski definition) is 8. The van der Waals surface area contributed by atoms with Gasteiger partial charge in [-0.1, -0.05) is 48.5 Å². The number of amides is 3. The van der Waals surface area contributed by atoms with Gasteiger partial charge < -0.3 is 35.3 Å². The van der Waals surface area contributed by atoms with Crippen LogP contribution in [0.5, 0.6) is 0 Å². The van der Waals surface area contributed by atoms with Gasteiger partial charge in [0.15, 0.2) is 0 Å². The molecule has 0 fully saturated rings. The van der Waals surface area contributed by atoms with Crippen LogP contribution in [0.2, 0.25) is 0 Å². The van der Waals surface area contributed by atoms with Crippen molar-refractivity contribution in [2.45, 2.75) is 96.4 Å². The first-order valence-corrected chi connectivity index (χ1v) is 15.4. The highest BCUT2D eigenvalue weighted by molar-refractivity contribution is 5.91. The fraction of sp³-hybridized carbons (Fsp3) is 0.500. The molecule has 0 bridgehead atoms. The Bertz CT molecular complexity index is 1370. The molecule has 2 aromatic carbocycles. The van der Waals surface area contributed by atoms with Crippen LogP contribution in [0.3, 0.4) is 0 Å². The molecule has 0 unspecified atom stereocenters. The van der Waals surface area contributed by atoms with Crippen LogP contribution in [0, 0.1) is 0 Å². The second kappa shape index (κ2) is 15.6. The van der Waals surface area contributed by atoms with Crippen LogP contribution >= 0.6 is 0 Å². The first-order chi connectivity index (χ1) is 21.5. The average molecular weight is 640 g/mol. The number of carboxylic acid groups (broad SMARTS) is 1. The molecule has 0 saturated carbocycles. The minimum atomic E-state index is -1.58. The lowest BCUT2D eigenvalue weighted by Crippen LogP contribution is -2.52. The highest BCUT2D eigenvalue weighted by atomic mass is 16.6. The average Bonchev–Trinajstić information content (AvgIpc) is 3.26. The van der Waals surface area contributed by atoms with E-state index < -0.39 is 59.7 Å². The van der Waals surface area contributed by atoms with Crippen LogP contribution in [0.25, 0.3) is 11.1 Å². The second-order valence-electron chi connectivity index (χ2n) is 13.1. The van der Waals surface area contributed by atoms with E-state index in [2.05, 4.69) is 16.0 Å². The number of nitrogens with one attached hydrogen (secondary N) is 3. The second-order valence-corrected chi connectivity index (χ2v) is 13.1. The van der Waals surface area contributed by atoms with Crippen LogP contribution in [0.15, 0.2) is 48.5 Å². The zero-order valence-electron chi connectivity index (χ0n) is 27.3. The van der Waals surface area contributed by atoms with E-state index in [1.54, 1.807) is 41.5 Å². The van der Waals surface area contributed by atoms with Gasteiger partial charge in [-0.3, -0.25) is 9.59 Å². The third-order valence-electron chi connectivity index (χ3n) is 6.95. The first-order valence-electron chi connectivity index (χ1n) is 15.4. The largest absolute Gasteiger partial charge is 0.480 e. The van der Waals surface area contributed by atoms with Gasteiger partial charge in [-0.25, -0.2) is 14.4 Å². The number of ether oxygens (including phenoxy) is 3. The van der Waals surface area contributed by atoms with Gasteiger partial charge in [0.05, 0.1) is 6.42 Å². The number of alkyl carbamates (subject to hydrolysis) is 2. The topological polar surface area (TPSA) is 169 Å². The molecular weight excluding hydrogens is 594 g/mol. The Kier molecular flexibility index (Phi) is 12.2. The predicted octanol–water partition coefficient (Wildman–Crippen LogP) is 4.89. The van der Waals surface area contributed by atoms with E-state index in [0.717, 1.165) is 22.3 Å². The maximum Gasteiger partial charge on any atom is 0.407 e. The molecule has 4 N–H and O–H groups in total. The zero-order chi connectivity index (χ0) is 34.1. The summed E-state index contributed by atoms with van der Waals surface area (Å²) in [6, 6.07) is 13.0. The van der Waals surface area contributed by atoms with E-state index in [-0.39, 0.29) is 25.5 Å². The van der Waals surface area contributed by atoms with E-state index >= 15 is 0 Å². The molecule has 12 nitrogen and oxygen atoms in total. The fourth-order valence-electron chi connectivity index (χ4n) is 5.05. The molecule has 1 aliphatic carbocycles. The Morgan fingerprint density at radius 1 is 0.761 bits per heavy atom. The highest BCUT2D eigenvalue weighted by Crippen LogP contribution is 2.44. The Labute approximate surface area is 269 Å². The van der Waals surface area contributed by atoms with Crippen molar-refractivity contribution in [2.24, 2.45) is 0 Å². The molecule has 0 heterocycles. The Morgan fingerprint density at radius 2 is 1.33 bits per heavy atom. The maximum absolute atomic E-state index is 13.3. The summed E-state index contributed by atoms with van der Waals surface area (Å²) in [5, 5.41) is 17.2. The monoisotopic (exact) mass is 639 g/mol. The summed E-state index contributed by atoms with van der Waals surface area (Å²) in [5.74, 6) is -3.23. The van der Waals surface area contributed by atoms with Crippen molar-refractivity contribution in [1.82, 2.24) is 16.0 Å². The van der Waals surface area contributed by atoms with Gasteiger partial charge in [0.1, 0.15) is 29.9 Å². The van der Waals surface area contributed by atoms with Crippen molar-refractivity contribution in [1.29, 1.82) is 0 Å². The van der Waals surface area contributed by atoms with Crippen molar-refractivity contribution in [3.8, 4) is 11.1 Å². The van der Waals surface area contributed by atoms with Crippen molar-refractivity contribution in [3.63, 3.8) is 0 Å². The summed E-state index contributed by atoms with van der Waals surface area (Å²) in [6.07, 6.45) is -1.12. The van der Waals surface area contributed by atoms with E-state index in [4.69, 9.17) is 14.2 Å². The first kappa shape index (κ1) is 35.9. The molecule has 0 spiro atoms. The van der Waals surface area contributed by atoms with Crippen molar-refractivity contribution >= 4 is 30.0 Å². The molecule has 3 amide bonds. The van der Waals surface area contributed by atoms with E-state index in [1.807, 2.05) is 48.5 Å². The maximum atomic E-state index is 13.3. The fourth-order valence-corrected chi connectivity index (χ4v) is 5.05. The number of unbranched alkanes of at least 4 members (excludes halogenated alkanes) is 1. The highest BCUT2D eigenvalue weighted by Gasteiger charge is 2.32. The van der Waals surface area contributed by atoms with E-state index in [9.17, 15) is 29.1 Å². The molecule has 12 heteroatoms. The third kappa shape index (κ3) is 11.1. The van der Waals surface area contributed by atoms with Crippen LogP contribution in [-0.2, 0) is 28.6 Å². The SMILES string of the molecule is CC(C)(C)OC(=O)C[C@H](NC(=O)[C@H](CCCCNC(=O)OC(C)(C)C)NC(=O)OCC1c2ccccc2-c2ccccc21)C(=O)O. The normalized spacial score (nSPS) is 13.8. The van der Waals surface area contributed by atoms with Crippen molar-refractivity contribution < 1.29 is 43.3 Å². The number of esters is 1. The number of fused-ring (bicyclic) bond motifs is 3. The lowest BCUT2D eigenvalue weighted by atomic mass is 9.98. The van der Waals surface area contributed by atoms with Crippen LogP contribution < -0.4 is 16.0 Å². The minimum absolute atomic E-state index is 0.0183. The molecule has 0 aliphatic heterocycles. The van der Waals surface area contributed by atoms with E-state index in [0.29, 0.717) is 12.8 Å². The molecule has 250 valence electrons. The van der Waals surface area contributed by atoms with Gasteiger partial charge in [-0.2, -0.15) is 0 Å². The molecule has 0 saturated heterocycles. The number of rotatable bonds is 13. The van der Waals surface area contributed by atoms with Crippen LogP contribution in [0.1, 0.15) is 84.3 Å².